The second kappa shape index (κ2) is 5.45. The van der Waals surface area contributed by atoms with Gasteiger partial charge in [-0.25, -0.2) is 13.4 Å². The number of sulfone groups is 1. The second-order valence-corrected chi connectivity index (χ2v) is 6.10. The van der Waals surface area contributed by atoms with E-state index >= 15 is 0 Å². The van der Waals surface area contributed by atoms with E-state index in [-0.39, 0.29) is 0 Å². The molecule has 0 aliphatic carbocycles. The molecule has 0 saturated heterocycles. The van der Waals surface area contributed by atoms with Gasteiger partial charge in [0, 0.05) is 19.2 Å². The van der Waals surface area contributed by atoms with Crippen LogP contribution in [0.2, 0.25) is 0 Å². The van der Waals surface area contributed by atoms with E-state index in [2.05, 4.69) is 10.3 Å². The van der Waals surface area contributed by atoms with Gasteiger partial charge in [-0.1, -0.05) is 6.92 Å². The maximum atomic E-state index is 11.3. The Bertz CT molecular complexity index is 425. The lowest BCUT2D eigenvalue weighted by Gasteiger charge is -2.04. The van der Waals surface area contributed by atoms with Crippen LogP contribution in [0.1, 0.15) is 30.7 Å². The predicted molar refractivity (Wildman–Crippen MR) is 62.0 cm³/mol. The van der Waals surface area contributed by atoms with Gasteiger partial charge >= 0.3 is 0 Å². The molecule has 92 valence electrons. The fraction of sp³-hybridized carbons (Fsp3) is 0.700. The highest BCUT2D eigenvalue weighted by atomic mass is 32.2. The molecule has 0 fully saturated rings. The Morgan fingerprint density at radius 2 is 2.25 bits per heavy atom. The average molecular weight is 246 g/mol. The van der Waals surface area contributed by atoms with Crippen LogP contribution in [0.4, 0.5) is 0 Å². The first-order valence-corrected chi connectivity index (χ1v) is 7.24. The first-order chi connectivity index (χ1) is 7.45. The average Bonchev–Trinajstić information content (AvgIpc) is 2.64. The van der Waals surface area contributed by atoms with Gasteiger partial charge in [0.25, 0.3) is 0 Å². The minimum absolute atomic E-state index is 0.411. The zero-order valence-electron chi connectivity index (χ0n) is 9.86. The lowest BCUT2D eigenvalue weighted by molar-refractivity contribution is 0.446. The summed E-state index contributed by atoms with van der Waals surface area (Å²) in [6, 6.07) is 0. The Hall–Kier alpha value is -0.880. The molecule has 0 radical (unpaired) electrons. The summed E-state index contributed by atoms with van der Waals surface area (Å²) in [6.45, 7) is 5.30. The van der Waals surface area contributed by atoms with Gasteiger partial charge < -0.3 is 9.73 Å². The number of oxazole rings is 1. The molecule has 6 heteroatoms. The first kappa shape index (κ1) is 13.2. The summed E-state index contributed by atoms with van der Waals surface area (Å²) < 4.78 is 28.0. The summed E-state index contributed by atoms with van der Waals surface area (Å²) in [5.41, 5.74) is 0. The first-order valence-electron chi connectivity index (χ1n) is 5.29. The van der Waals surface area contributed by atoms with E-state index in [0.717, 1.165) is 13.1 Å². The molecule has 5 nitrogen and oxygen atoms in total. The van der Waals surface area contributed by atoms with Crippen molar-refractivity contribution in [3.63, 3.8) is 0 Å². The highest BCUT2D eigenvalue weighted by Gasteiger charge is 2.21. The van der Waals surface area contributed by atoms with Crippen LogP contribution in [0.25, 0.3) is 0 Å². The normalized spacial score (nSPS) is 13.9. The van der Waals surface area contributed by atoms with E-state index in [4.69, 9.17) is 4.42 Å². The lowest BCUT2D eigenvalue weighted by Crippen LogP contribution is -2.16. The Morgan fingerprint density at radius 1 is 1.56 bits per heavy atom. The molecule has 1 N–H and O–H groups in total. The Labute approximate surface area is 96.2 Å². The summed E-state index contributed by atoms with van der Waals surface area (Å²) in [5, 5.41) is 2.52. The molecule has 1 heterocycles. The van der Waals surface area contributed by atoms with Crippen molar-refractivity contribution in [3.05, 3.63) is 17.8 Å². The number of rotatable bonds is 6. The van der Waals surface area contributed by atoms with E-state index in [1.54, 1.807) is 6.92 Å². The largest absolute Gasteiger partial charge is 0.444 e. The third kappa shape index (κ3) is 3.61. The van der Waals surface area contributed by atoms with E-state index in [1.165, 1.54) is 12.5 Å². The number of nitrogens with one attached hydrogen (secondary N) is 1. The third-order valence-electron chi connectivity index (χ3n) is 2.38. The molecule has 0 amide bonds. The minimum Gasteiger partial charge on any atom is -0.444 e. The van der Waals surface area contributed by atoms with Crippen LogP contribution in [-0.2, 0) is 16.3 Å². The molecule has 0 saturated carbocycles. The van der Waals surface area contributed by atoms with Gasteiger partial charge in [0.15, 0.2) is 15.7 Å². The van der Waals surface area contributed by atoms with Gasteiger partial charge in [0.1, 0.15) is 11.0 Å². The summed E-state index contributed by atoms with van der Waals surface area (Å²) in [7, 11) is -3.12. The van der Waals surface area contributed by atoms with Crippen molar-refractivity contribution in [2.75, 3.05) is 19.3 Å². The van der Waals surface area contributed by atoms with Crippen molar-refractivity contribution in [1.82, 2.24) is 10.3 Å². The second-order valence-electron chi connectivity index (χ2n) is 3.73. The summed E-state index contributed by atoms with van der Waals surface area (Å²) in [5.74, 6) is 0.987. The van der Waals surface area contributed by atoms with Gasteiger partial charge in [-0.05, 0) is 13.5 Å². The summed E-state index contributed by atoms with van der Waals surface area (Å²) in [6.07, 6.45) is 3.36. The Balaban J connectivity index is 2.64. The van der Waals surface area contributed by atoms with Crippen molar-refractivity contribution in [1.29, 1.82) is 0 Å². The molecule has 0 aliphatic rings. The molecule has 1 aromatic rings. The van der Waals surface area contributed by atoms with Gasteiger partial charge in [0.2, 0.25) is 0 Å². The fourth-order valence-electron chi connectivity index (χ4n) is 1.21. The van der Waals surface area contributed by atoms with E-state index in [1.807, 2.05) is 6.92 Å². The quantitative estimate of drug-likeness (QED) is 0.756. The van der Waals surface area contributed by atoms with Gasteiger partial charge in [-0.3, -0.25) is 0 Å². The van der Waals surface area contributed by atoms with Crippen molar-refractivity contribution in [3.8, 4) is 0 Å². The molecular formula is C10H18N2O3S. The highest BCUT2D eigenvalue weighted by molar-refractivity contribution is 7.90. The fourth-order valence-corrected chi connectivity index (χ4v) is 1.74. The van der Waals surface area contributed by atoms with E-state index in [9.17, 15) is 8.42 Å². The minimum atomic E-state index is -3.12. The molecule has 0 aliphatic heterocycles. The zero-order valence-corrected chi connectivity index (χ0v) is 10.7. The van der Waals surface area contributed by atoms with Crippen LogP contribution in [0.5, 0.6) is 0 Å². The van der Waals surface area contributed by atoms with Crippen LogP contribution in [0.3, 0.4) is 0 Å². The van der Waals surface area contributed by atoms with Crippen molar-refractivity contribution in [2.45, 2.75) is 25.5 Å². The Kier molecular flexibility index (Phi) is 4.49. The third-order valence-corrected chi connectivity index (χ3v) is 3.90. The van der Waals surface area contributed by atoms with E-state index < -0.39 is 15.1 Å². The molecule has 1 aromatic heterocycles. The highest BCUT2D eigenvalue weighted by Crippen LogP contribution is 2.21. The standard InChI is InChI=1S/C10H18N2O3S/c1-4-11-6-5-10-12-7-9(15-10)8(2)16(3,13)14/h7-8,11H,4-6H2,1-3H3. The van der Waals surface area contributed by atoms with Gasteiger partial charge in [-0.15, -0.1) is 0 Å². The number of hydrogen-bond donors (Lipinski definition) is 1. The Morgan fingerprint density at radius 3 is 2.81 bits per heavy atom. The van der Waals surface area contributed by atoms with Crippen molar-refractivity contribution in [2.24, 2.45) is 0 Å². The maximum absolute atomic E-state index is 11.3. The molecule has 1 atom stereocenters. The molecule has 0 bridgehead atoms. The maximum Gasteiger partial charge on any atom is 0.195 e. The molecule has 16 heavy (non-hydrogen) atoms. The smallest absolute Gasteiger partial charge is 0.195 e. The summed E-state index contributed by atoms with van der Waals surface area (Å²) >= 11 is 0. The number of hydrogen-bond acceptors (Lipinski definition) is 5. The van der Waals surface area contributed by atoms with Gasteiger partial charge in [0.05, 0.1) is 6.20 Å². The zero-order chi connectivity index (χ0) is 12.2. The summed E-state index contributed by atoms with van der Waals surface area (Å²) in [4.78, 5) is 4.05. The van der Waals surface area contributed by atoms with Crippen molar-refractivity contribution >= 4 is 9.84 Å². The van der Waals surface area contributed by atoms with Crippen LogP contribution in [0, 0.1) is 0 Å². The van der Waals surface area contributed by atoms with Crippen LogP contribution in [0.15, 0.2) is 10.6 Å². The van der Waals surface area contributed by atoms with Crippen LogP contribution < -0.4 is 5.32 Å². The predicted octanol–water partition coefficient (Wildman–Crippen LogP) is 0.932. The van der Waals surface area contributed by atoms with Crippen LogP contribution >= 0.6 is 0 Å². The number of aromatic nitrogens is 1. The van der Waals surface area contributed by atoms with Gasteiger partial charge in [-0.2, -0.15) is 0 Å². The number of nitrogens with zero attached hydrogens (tertiary/aromatic N) is 1. The molecule has 0 aromatic carbocycles. The monoisotopic (exact) mass is 246 g/mol. The SMILES string of the molecule is CCNCCc1ncc(C(C)S(C)(=O)=O)o1. The molecule has 1 rings (SSSR count). The molecule has 1 unspecified atom stereocenters. The van der Waals surface area contributed by atoms with E-state index in [0.29, 0.717) is 18.1 Å². The van der Waals surface area contributed by atoms with Crippen molar-refractivity contribution < 1.29 is 12.8 Å². The van der Waals surface area contributed by atoms with Crippen LogP contribution in [-0.4, -0.2) is 32.7 Å². The molecule has 0 spiro atoms. The topological polar surface area (TPSA) is 72.2 Å². The number of likely N-dealkylation sites (N-methyl/N-ethyl adjacent to an activating group) is 1. The lowest BCUT2D eigenvalue weighted by atomic mass is 10.4. The molecular weight excluding hydrogens is 228 g/mol.